The van der Waals surface area contributed by atoms with Crippen molar-refractivity contribution in [2.45, 2.75) is 6.54 Å². The van der Waals surface area contributed by atoms with Crippen molar-refractivity contribution in [3.8, 4) is 5.75 Å². The Morgan fingerprint density at radius 1 is 1.19 bits per heavy atom. The first-order valence-electron chi connectivity index (χ1n) is 6.52. The van der Waals surface area contributed by atoms with Crippen LogP contribution >= 0.6 is 0 Å². The molecule has 0 heterocycles. The number of rotatable bonds is 5. The highest BCUT2D eigenvalue weighted by Gasteiger charge is 2.10. The van der Waals surface area contributed by atoms with E-state index in [9.17, 15) is 9.18 Å². The number of carbonyl (C=O) groups is 1. The molecule has 1 amide bonds. The van der Waals surface area contributed by atoms with Crippen LogP contribution in [0.5, 0.6) is 5.75 Å². The SMILES string of the molecule is CNC(=O)c1ccc(F)cc1NCc1ccc(OC)cc1. The molecule has 0 aliphatic heterocycles. The Balaban J connectivity index is 2.14. The second-order valence-electron chi connectivity index (χ2n) is 4.47. The number of ether oxygens (including phenoxy) is 1. The Morgan fingerprint density at radius 3 is 2.52 bits per heavy atom. The summed E-state index contributed by atoms with van der Waals surface area (Å²) in [5.74, 6) is 0.127. The highest BCUT2D eigenvalue weighted by atomic mass is 19.1. The van der Waals surface area contributed by atoms with Crippen LogP contribution in [0, 0.1) is 5.82 Å². The summed E-state index contributed by atoms with van der Waals surface area (Å²) in [6.07, 6.45) is 0. The number of halogens is 1. The highest BCUT2D eigenvalue weighted by molar-refractivity contribution is 5.99. The molecule has 0 atom stereocenters. The van der Waals surface area contributed by atoms with Crippen molar-refractivity contribution in [1.82, 2.24) is 5.32 Å². The lowest BCUT2D eigenvalue weighted by Gasteiger charge is -2.12. The minimum atomic E-state index is -0.389. The molecule has 0 spiro atoms. The zero-order valence-electron chi connectivity index (χ0n) is 11.9. The van der Waals surface area contributed by atoms with Crippen molar-refractivity contribution in [1.29, 1.82) is 0 Å². The van der Waals surface area contributed by atoms with E-state index in [1.165, 1.54) is 18.2 Å². The quantitative estimate of drug-likeness (QED) is 0.889. The summed E-state index contributed by atoms with van der Waals surface area (Å²) in [6.45, 7) is 0.484. The van der Waals surface area contributed by atoms with E-state index in [0.717, 1.165) is 11.3 Å². The summed E-state index contributed by atoms with van der Waals surface area (Å²) in [6, 6.07) is 11.6. The van der Waals surface area contributed by atoms with Gasteiger partial charge in [-0.15, -0.1) is 0 Å². The zero-order chi connectivity index (χ0) is 15.2. The van der Waals surface area contributed by atoms with Gasteiger partial charge in [0.05, 0.1) is 18.4 Å². The number of hydrogen-bond acceptors (Lipinski definition) is 3. The van der Waals surface area contributed by atoms with E-state index in [1.807, 2.05) is 24.3 Å². The van der Waals surface area contributed by atoms with Crippen LogP contribution < -0.4 is 15.4 Å². The van der Waals surface area contributed by atoms with Crippen LogP contribution in [0.15, 0.2) is 42.5 Å². The van der Waals surface area contributed by atoms with Crippen LogP contribution in [0.2, 0.25) is 0 Å². The van der Waals surface area contributed by atoms with Gasteiger partial charge in [0.1, 0.15) is 11.6 Å². The van der Waals surface area contributed by atoms with Crippen molar-refractivity contribution >= 4 is 11.6 Å². The molecule has 2 N–H and O–H groups in total. The van der Waals surface area contributed by atoms with Gasteiger partial charge >= 0.3 is 0 Å². The third-order valence-corrected chi connectivity index (χ3v) is 3.10. The lowest BCUT2D eigenvalue weighted by atomic mass is 10.1. The van der Waals surface area contributed by atoms with Gasteiger partial charge in [-0.2, -0.15) is 0 Å². The monoisotopic (exact) mass is 288 g/mol. The van der Waals surface area contributed by atoms with Gasteiger partial charge in [0.25, 0.3) is 5.91 Å². The average Bonchev–Trinajstić information content (AvgIpc) is 2.52. The first kappa shape index (κ1) is 14.8. The number of methoxy groups -OCH3 is 1. The van der Waals surface area contributed by atoms with Crippen molar-refractivity contribution < 1.29 is 13.9 Å². The lowest BCUT2D eigenvalue weighted by molar-refractivity contribution is 0.0964. The number of anilines is 1. The molecule has 0 radical (unpaired) electrons. The summed E-state index contributed by atoms with van der Waals surface area (Å²) in [4.78, 5) is 11.8. The molecule has 0 aromatic heterocycles. The molecular formula is C16H17FN2O2. The normalized spacial score (nSPS) is 10.0. The predicted octanol–water partition coefficient (Wildman–Crippen LogP) is 2.81. The molecule has 0 saturated carbocycles. The molecule has 2 rings (SSSR count). The first-order valence-corrected chi connectivity index (χ1v) is 6.52. The maximum Gasteiger partial charge on any atom is 0.253 e. The van der Waals surface area contributed by atoms with Gasteiger partial charge in [0.15, 0.2) is 0 Å². The lowest BCUT2D eigenvalue weighted by Crippen LogP contribution is -2.19. The van der Waals surface area contributed by atoms with Gasteiger partial charge in [-0.25, -0.2) is 4.39 Å². The van der Waals surface area contributed by atoms with Gasteiger partial charge in [0.2, 0.25) is 0 Å². The Kier molecular flexibility index (Phi) is 4.77. The van der Waals surface area contributed by atoms with Crippen molar-refractivity contribution in [3.63, 3.8) is 0 Å². The van der Waals surface area contributed by atoms with E-state index in [-0.39, 0.29) is 11.7 Å². The Morgan fingerprint density at radius 2 is 1.90 bits per heavy atom. The molecule has 2 aromatic carbocycles. The molecule has 4 nitrogen and oxygen atoms in total. The Labute approximate surface area is 122 Å². The first-order chi connectivity index (χ1) is 10.1. The van der Waals surface area contributed by atoms with E-state index >= 15 is 0 Å². The largest absolute Gasteiger partial charge is 0.497 e. The number of carbonyl (C=O) groups excluding carboxylic acids is 1. The van der Waals surface area contributed by atoms with Crippen LogP contribution in [0.3, 0.4) is 0 Å². The van der Waals surface area contributed by atoms with E-state index in [4.69, 9.17) is 4.74 Å². The molecule has 2 aromatic rings. The third-order valence-electron chi connectivity index (χ3n) is 3.10. The highest BCUT2D eigenvalue weighted by Crippen LogP contribution is 2.19. The van der Waals surface area contributed by atoms with Crippen LogP contribution in [0.1, 0.15) is 15.9 Å². The Hall–Kier alpha value is -2.56. The van der Waals surface area contributed by atoms with E-state index < -0.39 is 0 Å². The number of amides is 1. The van der Waals surface area contributed by atoms with Crippen molar-refractivity contribution in [2.75, 3.05) is 19.5 Å². The second-order valence-corrected chi connectivity index (χ2v) is 4.47. The van der Waals surface area contributed by atoms with Gasteiger partial charge in [-0.3, -0.25) is 4.79 Å². The zero-order valence-corrected chi connectivity index (χ0v) is 11.9. The van der Waals surface area contributed by atoms with E-state index in [1.54, 1.807) is 14.2 Å². The van der Waals surface area contributed by atoms with Crippen LogP contribution in [0.4, 0.5) is 10.1 Å². The summed E-state index contributed by atoms with van der Waals surface area (Å²) >= 11 is 0. The summed E-state index contributed by atoms with van der Waals surface area (Å²) in [5.41, 5.74) is 1.88. The second kappa shape index (κ2) is 6.74. The fourth-order valence-electron chi connectivity index (χ4n) is 1.94. The molecule has 0 unspecified atom stereocenters. The average molecular weight is 288 g/mol. The molecule has 0 fully saturated rings. The topological polar surface area (TPSA) is 50.4 Å². The number of nitrogens with one attached hydrogen (secondary N) is 2. The van der Waals surface area contributed by atoms with Gasteiger partial charge in [-0.05, 0) is 35.9 Å². The van der Waals surface area contributed by atoms with Crippen LogP contribution in [-0.4, -0.2) is 20.1 Å². The Bertz CT molecular complexity index is 627. The van der Waals surface area contributed by atoms with E-state index in [0.29, 0.717) is 17.8 Å². The van der Waals surface area contributed by atoms with Crippen LogP contribution in [-0.2, 0) is 6.54 Å². The fraction of sp³-hybridized carbons (Fsp3) is 0.188. The maximum atomic E-state index is 13.4. The number of benzene rings is 2. The third kappa shape index (κ3) is 3.72. The molecule has 5 heteroatoms. The molecule has 0 saturated heterocycles. The van der Waals surface area contributed by atoms with Gasteiger partial charge < -0.3 is 15.4 Å². The minimum Gasteiger partial charge on any atom is -0.497 e. The van der Waals surface area contributed by atoms with Crippen molar-refractivity contribution in [3.05, 3.63) is 59.4 Å². The molecule has 21 heavy (non-hydrogen) atoms. The molecule has 0 bridgehead atoms. The fourth-order valence-corrected chi connectivity index (χ4v) is 1.94. The maximum absolute atomic E-state index is 13.4. The van der Waals surface area contributed by atoms with Crippen LogP contribution in [0.25, 0.3) is 0 Å². The summed E-state index contributed by atoms with van der Waals surface area (Å²) < 4.78 is 18.4. The molecular weight excluding hydrogens is 271 g/mol. The summed E-state index contributed by atoms with van der Waals surface area (Å²) in [5, 5.41) is 5.62. The van der Waals surface area contributed by atoms with E-state index in [2.05, 4.69) is 10.6 Å². The van der Waals surface area contributed by atoms with Gasteiger partial charge in [0, 0.05) is 13.6 Å². The summed E-state index contributed by atoms with van der Waals surface area (Å²) in [7, 11) is 3.15. The molecule has 0 aliphatic rings. The predicted molar refractivity (Wildman–Crippen MR) is 80.1 cm³/mol. The smallest absolute Gasteiger partial charge is 0.253 e. The standard InChI is InChI=1S/C16H17FN2O2/c1-18-16(20)14-8-5-12(17)9-15(14)19-10-11-3-6-13(21-2)7-4-11/h3-9,19H,10H2,1-2H3,(H,18,20). The molecule has 0 aliphatic carbocycles. The van der Waals surface area contributed by atoms with Gasteiger partial charge in [-0.1, -0.05) is 12.1 Å². The number of hydrogen-bond donors (Lipinski definition) is 2. The minimum absolute atomic E-state index is 0.257. The molecule has 110 valence electrons. The van der Waals surface area contributed by atoms with Crippen molar-refractivity contribution in [2.24, 2.45) is 0 Å².